The zero-order chi connectivity index (χ0) is 22.3. The summed E-state index contributed by atoms with van der Waals surface area (Å²) in [5.74, 6) is 0.278. The maximum Gasteiger partial charge on any atom is 0.416 e. The molecule has 0 fully saturated rings. The van der Waals surface area contributed by atoms with Gasteiger partial charge < -0.3 is 14.7 Å². The minimum atomic E-state index is -4.48. The standard InChI is InChI=1S/C24H18F3N3O2/c25-24(26,27)17-5-3-6-19(14-17)30-20-7-2-1-4-15(20)13-21(30)23(31)29-18-8-9-22-16(12-18)10-11-28-32-22/h1-9,12-14,28H,10-11H2,(H,29,31). The van der Waals surface area contributed by atoms with Crippen LogP contribution in [0, 0.1) is 0 Å². The van der Waals surface area contributed by atoms with Gasteiger partial charge in [-0.1, -0.05) is 24.3 Å². The summed E-state index contributed by atoms with van der Waals surface area (Å²) < 4.78 is 41.5. The third kappa shape index (κ3) is 3.69. The maximum absolute atomic E-state index is 13.3. The summed E-state index contributed by atoms with van der Waals surface area (Å²) in [6.07, 6.45) is -3.73. The van der Waals surface area contributed by atoms with Crippen LogP contribution in [0.15, 0.2) is 72.8 Å². The molecule has 8 heteroatoms. The number of carbonyl (C=O) groups is 1. The van der Waals surface area contributed by atoms with Crippen molar-refractivity contribution >= 4 is 22.5 Å². The molecule has 5 nitrogen and oxygen atoms in total. The molecule has 1 amide bonds. The fraction of sp³-hybridized carbons (Fsp3) is 0.125. The van der Waals surface area contributed by atoms with E-state index in [0.29, 0.717) is 23.5 Å². The van der Waals surface area contributed by atoms with Crippen molar-refractivity contribution in [2.24, 2.45) is 0 Å². The van der Waals surface area contributed by atoms with Gasteiger partial charge in [-0.25, -0.2) is 0 Å². The summed E-state index contributed by atoms with van der Waals surface area (Å²) >= 11 is 0. The SMILES string of the molecule is O=C(Nc1ccc2c(c1)CCNO2)c1cc2ccccc2n1-c1cccc(C(F)(F)F)c1. The van der Waals surface area contributed by atoms with Crippen molar-refractivity contribution in [2.45, 2.75) is 12.6 Å². The Morgan fingerprint density at radius 3 is 2.69 bits per heavy atom. The first-order valence-corrected chi connectivity index (χ1v) is 10.0. The zero-order valence-corrected chi connectivity index (χ0v) is 16.7. The molecule has 0 saturated carbocycles. The van der Waals surface area contributed by atoms with Crippen LogP contribution >= 0.6 is 0 Å². The van der Waals surface area contributed by atoms with E-state index < -0.39 is 17.6 Å². The van der Waals surface area contributed by atoms with E-state index in [9.17, 15) is 18.0 Å². The number of aromatic nitrogens is 1. The van der Waals surface area contributed by atoms with Crippen molar-refractivity contribution in [3.63, 3.8) is 0 Å². The molecule has 0 atom stereocenters. The molecule has 1 aliphatic heterocycles. The molecule has 0 bridgehead atoms. The van der Waals surface area contributed by atoms with Gasteiger partial charge in [0.2, 0.25) is 0 Å². The van der Waals surface area contributed by atoms with E-state index in [1.165, 1.54) is 6.07 Å². The van der Waals surface area contributed by atoms with Gasteiger partial charge in [-0.05, 0) is 55.0 Å². The molecule has 0 saturated heterocycles. The average molecular weight is 437 g/mol. The predicted octanol–water partition coefficient (Wildman–Crippen LogP) is 5.34. The van der Waals surface area contributed by atoms with Gasteiger partial charge >= 0.3 is 6.18 Å². The quantitative estimate of drug-likeness (QED) is 0.455. The Labute approximate surface area is 181 Å². The van der Waals surface area contributed by atoms with E-state index in [2.05, 4.69) is 10.8 Å². The monoisotopic (exact) mass is 437 g/mol. The highest BCUT2D eigenvalue weighted by Gasteiger charge is 2.31. The number of alkyl halides is 3. The molecule has 5 rings (SSSR count). The lowest BCUT2D eigenvalue weighted by Gasteiger charge is -2.18. The Hall–Kier alpha value is -3.78. The predicted molar refractivity (Wildman–Crippen MR) is 115 cm³/mol. The van der Waals surface area contributed by atoms with E-state index in [0.717, 1.165) is 29.5 Å². The highest BCUT2D eigenvalue weighted by molar-refractivity contribution is 6.07. The zero-order valence-electron chi connectivity index (χ0n) is 16.7. The molecule has 32 heavy (non-hydrogen) atoms. The first kappa shape index (κ1) is 20.1. The number of hydrogen-bond donors (Lipinski definition) is 2. The maximum atomic E-state index is 13.3. The lowest BCUT2D eigenvalue weighted by molar-refractivity contribution is -0.137. The van der Waals surface area contributed by atoms with Crippen molar-refractivity contribution < 1.29 is 22.8 Å². The number of halogens is 3. The van der Waals surface area contributed by atoms with Crippen LogP contribution in [0.5, 0.6) is 5.75 Å². The molecular formula is C24H18F3N3O2. The summed E-state index contributed by atoms with van der Waals surface area (Å²) in [5.41, 5.74) is 4.72. The van der Waals surface area contributed by atoms with Crippen LogP contribution in [-0.4, -0.2) is 17.0 Å². The van der Waals surface area contributed by atoms with Gasteiger partial charge in [-0.2, -0.15) is 18.7 Å². The Morgan fingerprint density at radius 2 is 1.84 bits per heavy atom. The van der Waals surface area contributed by atoms with E-state index in [-0.39, 0.29) is 11.4 Å². The summed E-state index contributed by atoms with van der Waals surface area (Å²) in [6, 6.07) is 19.2. The average Bonchev–Trinajstić information content (AvgIpc) is 3.18. The molecule has 2 N–H and O–H groups in total. The van der Waals surface area contributed by atoms with Crippen LogP contribution in [-0.2, 0) is 12.6 Å². The van der Waals surface area contributed by atoms with E-state index >= 15 is 0 Å². The van der Waals surface area contributed by atoms with E-state index in [1.807, 2.05) is 18.2 Å². The van der Waals surface area contributed by atoms with Crippen molar-refractivity contribution in [3.8, 4) is 11.4 Å². The second kappa shape index (κ2) is 7.72. The normalized spacial score (nSPS) is 13.5. The second-order valence-electron chi connectivity index (χ2n) is 7.49. The number of hydrogen-bond acceptors (Lipinski definition) is 3. The third-order valence-electron chi connectivity index (χ3n) is 5.37. The molecule has 0 aliphatic carbocycles. The van der Waals surface area contributed by atoms with Gasteiger partial charge in [0.25, 0.3) is 5.91 Å². The number of para-hydroxylation sites is 1. The summed E-state index contributed by atoms with van der Waals surface area (Å²) in [7, 11) is 0. The number of rotatable bonds is 3. The molecule has 1 aromatic heterocycles. The molecule has 2 heterocycles. The molecular weight excluding hydrogens is 419 g/mol. The molecule has 0 radical (unpaired) electrons. The fourth-order valence-electron chi connectivity index (χ4n) is 3.88. The fourth-order valence-corrected chi connectivity index (χ4v) is 3.88. The number of nitrogens with zero attached hydrogens (tertiary/aromatic N) is 1. The van der Waals surface area contributed by atoms with Crippen LogP contribution in [0.25, 0.3) is 16.6 Å². The largest absolute Gasteiger partial charge is 0.416 e. The van der Waals surface area contributed by atoms with Gasteiger partial charge in [0, 0.05) is 28.9 Å². The van der Waals surface area contributed by atoms with Gasteiger partial charge in [0.05, 0.1) is 11.1 Å². The summed E-state index contributed by atoms with van der Waals surface area (Å²) in [4.78, 5) is 18.6. The van der Waals surface area contributed by atoms with E-state index in [1.54, 1.807) is 41.0 Å². The molecule has 4 aromatic rings. The van der Waals surface area contributed by atoms with Gasteiger partial charge in [-0.15, -0.1) is 0 Å². The van der Waals surface area contributed by atoms with Crippen LogP contribution < -0.4 is 15.6 Å². The van der Waals surface area contributed by atoms with Crippen molar-refractivity contribution in [3.05, 3.63) is 89.6 Å². The number of carbonyl (C=O) groups excluding carboxylic acids is 1. The number of benzene rings is 3. The van der Waals surface area contributed by atoms with E-state index in [4.69, 9.17) is 4.84 Å². The molecule has 1 aliphatic rings. The summed E-state index contributed by atoms with van der Waals surface area (Å²) in [6.45, 7) is 0.661. The molecule has 0 unspecified atom stereocenters. The minimum absolute atomic E-state index is 0.237. The van der Waals surface area contributed by atoms with Crippen LogP contribution in [0.4, 0.5) is 18.9 Å². The molecule has 162 valence electrons. The lowest BCUT2D eigenvalue weighted by atomic mass is 10.1. The molecule has 3 aromatic carbocycles. The van der Waals surface area contributed by atoms with Gasteiger partial charge in [0.1, 0.15) is 5.69 Å². The minimum Gasteiger partial charge on any atom is -0.408 e. The van der Waals surface area contributed by atoms with Crippen molar-refractivity contribution in [1.29, 1.82) is 0 Å². The smallest absolute Gasteiger partial charge is 0.408 e. The first-order chi connectivity index (χ1) is 15.4. The third-order valence-corrected chi connectivity index (χ3v) is 5.37. The number of hydroxylamine groups is 1. The highest BCUT2D eigenvalue weighted by Crippen LogP contribution is 2.32. The number of anilines is 1. The topological polar surface area (TPSA) is 55.3 Å². The summed E-state index contributed by atoms with van der Waals surface area (Å²) in [5, 5.41) is 3.62. The lowest BCUT2D eigenvalue weighted by Crippen LogP contribution is -2.26. The van der Waals surface area contributed by atoms with Crippen LogP contribution in [0.1, 0.15) is 21.6 Å². The first-order valence-electron chi connectivity index (χ1n) is 10.0. The second-order valence-corrected chi connectivity index (χ2v) is 7.49. The molecule has 0 spiro atoms. The van der Waals surface area contributed by atoms with Crippen molar-refractivity contribution in [1.82, 2.24) is 10.0 Å². The Bertz CT molecular complexity index is 1330. The Morgan fingerprint density at radius 1 is 1.00 bits per heavy atom. The number of fused-ring (bicyclic) bond motifs is 2. The Balaban J connectivity index is 1.57. The number of amides is 1. The number of nitrogens with one attached hydrogen (secondary N) is 2. The van der Waals surface area contributed by atoms with Gasteiger partial charge in [-0.3, -0.25) is 4.79 Å². The van der Waals surface area contributed by atoms with Crippen LogP contribution in [0.2, 0.25) is 0 Å². The van der Waals surface area contributed by atoms with Crippen molar-refractivity contribution in [2.75, 3.05) is 11.9 Å². The van der Waals surface area contributed by atoms with Crippen LogP contribution in [0.3, 0.4) is 0 Å². The Kier molecular flexibility index (Phi) is 4.86. The van der Waals surface area contributed by atoms with Gasteiger partial charge in [0.15, 0.2) is 5.75 Å². The highest BCUT2D eigenvalue weighted by atomic mass is 19.4.